The van der Waals surface area contributed by atoms with E-state index in [4.69, 9.17) is 5.84 Å². The van der Waals surface area contributed by atoms with Gasteiger partial charge in [0, 0.05) is 11.8 Å². The summed E-state index contributed by atoms with van der Waals surface area (Å²) in [6, 6.07) is 4.79. The molecule has 2 aromatic rings. The topological polar surface area (TPSA) is 63.0 Å². The fourth-order valence-electron chi connectivity index (χ4n) is 1.51. The van der Waals surface area contributed by atoms with Gasteiger partial charge in [-0.3, -0.25) is 0 Å². The van der Waals surface area contributed by atoms with Crippen molar-refractivity contribution in [3.8, 4) is 0 Å². The van der Waals surface area contributed by atoms with Gasteiger partial charge in [-0.05, 0) is 30.7 Å². The third-order valence-corrected chi connectivity index (χ3v) is 2.49. The molecule has 0 fully saturated rings. The van der Waals surface area contributed by atoms with Crippen molar-refractivity contribution in [2.24, 2.45) is 5.84 Å². The molecule has 0 bridgehead atoms. The minimum atomic E-state index is -0.902. The van der Waals surface area contributed by atoms with Crippen molar-refractivity contribution in [1.82, 2.24) is 4.98 Å². The van der Waals surface area contributed by atoms with Crippen LogP contribution >= 0.6 is 0 Å². The highest BCUT2D eigenvalue weighted by atomic mass is 19.1. The Morgan fingerprint density at radius 3 is 2.32 bits per heavy atom. The molecule has 0 saturated heterocycles. The highest BCUT2D eigenvalue weighted by Crippen LogP contribution is 2.23. The highest BCUT2D eigenvalue weighted by molar-refractivity contribution is 5.59. The van der Waals surface area contributed by atoms with Crippen LogP contribution in [0, 0.1) is 24.4 Å². The summed E-state index contributed by atoms with van der Waals surface area (Å²) in [4.78, 5) is 3.65. The number of nitrogen functional groups attached to an aromatic ring is 1. The lowest BCUT2D eigenvalue weighted by atomic mass is 10.2. The van der Waals surface area contributed by atoms with Gasteiger partial charge >= 0.3 is 0 Å². The van der Waals surface area contributed by atoms with Crippen molar-refractivity contribution in [3.63, 3.8) is 0 Å². The van der Waals surface area contributed by atoms with Gasteiger partial charge in [-0.25, -0.2) is 24.0 Å². The van der Waals surface area contributed by atoms with Crippen LogP contribution in [0.2, 0.25) is 0 Å². The molecule has 1 heterocycles. The van der Waals surface area contributed by atoms with Gasteiger partial charge in [-0.15, -0.1) is 0 Å². The third kappa shape index (κ3) is 2.76. The number of hydrazine groups is 1. The van der Waals surface area contributed by atoms with Crippen molar-refractivity contribution in [1.29, 1.82) is 0 Å². The van der Waals surface area contributed by atoms with Crippen LogP contribution in [0.15, 0.2) is 24.3 Å². The van der Waals surface area contributed by atoms with Gasteiger partial charge in [0.05, 0.1) is 0 Å². The minimum Gasteiger partial charge on any atom is -0.338 e. The summed E-state index contributed by atoms with van der Waals surface area (Å²) in [6.45, 7) is 1.57. The van der Waals surface area contributed by atoms with Gasteiger partial charge in [0.2, 0.25) is 0 Å². The molecule has 4 nitrogen and oxygen atoms in total. The predicted molar refractivity (Wildman–Crippen MR) is 66.4 cm³/mol. The van der Waals surface area contributed by atoms with E-state index in [1.54, 1.807) is 6.92 Å². The van der Waals surface area contributed by atoms with E-state index in [2.05, 4.69) is 10.3 Å². The van der Waals surface area contributed by atoms with Crippen molar-refractivity contribution < 1.29 is 13.2 Å². The van der Waals surface area contributed by atoms with Crippen LogP contribution in [-0.2, 0) is 0 Å². The Hall–Kier alpha value is -2.28. The Morgan fingerprint density at radius 1 is 1.00 bits per heavy atom. The van der Waals surface area contributed by atoms with Gasteiger partial charge in [-0.1, -0.05) is 0 Å². The van der Waals surface area contributed by atoms with Gasteiger partial charge < -0.3 is 10.7 Å². The monoisotopic (exact) mass is 268 g/mol. The molecule has 0 aliphatic rings. The maximum absolute atomic E-state index is 13.5. The summed E-state index contributed by atoms with van der Waals surface area (Å²) < 4.78 is 39.8. The number of hydrogen-bond donors (Lipinski definition) is 3. The fourth-order valence-corrected chi connectivity index (χ4v) is 1.51. The molecule has 0 amide bonds. The molecule has 0 unspecified atom stereocenters. The molecule has 1 aromatic carbocycles. The van der Waals surface area contributed by atoms with E-state index in [0.717, 1.165) is 0 Å². The largest absolute Gasteiger partial charge is 0.338 e. The fraction of sp³-hybridized carbons (Fsp3) is 0.0833. The number of anilines is 3. The highest BCUT2D eigenvalue weighted by Gasteiger charge is 2.11. The molecule has 1 aromatic heterocycles. The number of pyridine rings is 1. The van der Waals surface area contributed by atoms with Crippen LogP contribution in [-0.4, -0.2) is 4.98 Å². The quantitative estimate of drug-likeness (QED) is 0.591. The van der Waals surface area contributed by atoms with Gasteiger partial charge in [-0.2, -0.15) is 0 Å². The standard InChI is InChI=1S/C12H11F3N4/c1-6-4-7(2-3-8(6)13)17-11-9(14)5-10(15)12(18-11)19-16/h2-5H,16H2,1H3,(H2,17,18,19). The van der Waals surface area contributed by atoms with Gasteiger partial charge in [0.1, 0.15) is 5.82 Å². The number of nitrogens with zero attached hydrogens (tertiary/aromatic N) is 1. The maximum atomic E-state index is 13.5. The van der Waals surface area contributed by atoms with Crippen LogP contribution in [0.3, 0.4) is 0 Å². The second kappa shape index (κ2) is 5.15. The molecule has 0 aliphatic heterocycles. The second-order valence-corrected chi connectivity index (χ2v) is 3.88. The zero-order valence-electron chi connectivity index (χ0n) is 9.97. The van der Waals surface area contributed by atoms with Crippen LogP contribution in [0.1, 0.15) is 5.56 Å². The molecule has 4 N–H and O–H groups in total. The van der Waals surface area contributed by atoms with E-state index < -0.39 is 11.6 Å². The lowest BCUT2D eigenvalue weighted by Crippen LogP contribution is -2.12. The molecule has 19 heavy (non-hydrogen) atoms. The Bertz CT molecular complexity index is 616. The summed E-state index contributed by atoms with van der Waals surface area (Å²) in [6.07, 6.45) is 0. The number of nitrogens with two attached hydrogens (primary N) is 1. The Labute approximate surface area is 107 Å². The van der Waals surface area contributed by atoms with Crippen LogP contribution in [0.5, 0.6) is 0 Å². The van der Waals surface area contributed by atoms with E-state index in [1.807, 2.05) is 5.43 Å². The zero-order valence-corrected chi connectivity index (χ0v) is 9.97. The first-order valence-electron chi connectivity index (χ1n) is 5.37. The van der Waals surface area contributed by atoms with Crippen molar-refractivity contribution >= 4 is 17.3 Å². The molecular weight excluding hydrogens is 257 g/mol. The number of rotatable bonds is 3. The normalized spacial score (nSPS) is 10.4. The molecule has 0 atom stereocenters. The molecule has 0 radical (unpaired) electrons. The van der Waals surface area contributed by atoms with Gasteiger partial charge in [0.15, 0.2) is 23.3 Å². The number of hydrogen-bond acceptors (Lipinski definition) is 4. The van der Waals surface area contributed by atoms with Crippen LogP contribution in [0.4, 0.5) is 30.5 Å². The average molecular weight is 268 g/mol. The van der Waals surface area contributed by atoms with Crippen LogP contribution in [0.25, 0.3) is 0 Å². The zero-order chi connectivity index (χ0) is 14.0. The smallest absolute Gasteiger partial charge is 0.178 e. The van der Waals surface area contributed by atoms with E-state index in [9.17, 15) is 13.2 Å². The van der Waals surface area contributed by atoms with E-state index in [-0.39, 0.29) is 17.5 Å². The first-order chi connectivity index (χ1) is 9.01. The average Bonchev–Trinajstić information content (AvgIpc) is 2.37. The minimum absolute atomic E-state index is 0.208. The third-order valence-electron chi connectivity index (χ3n) is 2.49. The van der Waals surface area contributed by atoms with E-state index in [0.29, 0.717) is 17.3 Å². The number of aromatic nitrogens is 1. The first kappa shape index (κ1) is 13.2. The molecular formula is C12H11F3N4. The number of benzene rings is 1. The number of halogens is 3. The van der Waals surface area contributed by atoms with Crippen molar-refractivity contribution in [2.45, 2.75) is 6.92 Å². The Balaban J connectivity index is 2.34. The van der Waals surface area contributed by atoms with Gasteiger partial charge in [0.25, 0.3) is 0 Å². The first-order valence-corrected chi connectivity index (χ1v) is 5.37. The van der Waals surface area contributed by atoms with Crippen LogP contribution < -0.4 is 16.6 Å². The lowest BCUT2D eigenvalue weighted by Gasteiger charge is -2.10. The molecule has 7 heteroatoms. The second-order valence-electron chi connectivity index (χ2n) is 3.88. The summed E-state index contributed by atoms with van der Waals surface area (Å²) in [5.74, 6) is 2.41. The van der Waals surface area contributed by atoms with E-state index >= 15 is 0 Å². The Kier molecular flexibility index (Phi) is 3.57. The Morgan fingerprint density at radius 2 is 1.68 bits per heavy atom. The van der Waals surface area contributed by atoms with E-state index in [1.165, 1.54) is 18.2 Å². The van der Waals surface area contributed by atoms with Crippen molar-refractivity contribution in [2.75, 3.05) is 10.7 Å². The molecule has 0 spiro atoms. The molecule has 2 rings (SSSR count). The molecule has 0 saturated carbocycles. The summed E-state index contributed by atoms with van der Waals surface area (Å²) >= 11 is 0. The maximum Gasteiger partial charge on any atom is 0.178 e. The SMILES string of the molecule is Cc1cc(Nc2nc(NN)c(F)cc2F)ccc1F. The molecule has 100 valence electrons. The summed E-state index contributed by atoms with van der Waals surface area (Å²) in [7, 11) is 0. The van der Waals surface area contributed by atoms with Crippen molar-refractivity contribution in [3.05, 3.63) is 47.3 Å². The summed E-state index contributed by atoms with van der Waals surface area (Å²) in [5.41, 5.74) is 2.84. The number of nitrogens with one attached hydrogen (secondary N) is 2. The molecule has 0 aliphatic carbocycles. The lowest BCUT2D eigenvalue weighted by molar-refractivity contribution is 0.579. The number of aryl methyl sites for hydroxylation is 1. The summed E-state index contributed by atoms with van der Waals surface area (Å²) in [5, 5.41) is 2.63. The predicted octanol–water partition coefficient (Wildman–Crippen LogP) is 2.84.